The maximum atomic E-state index is 12.1. The highest BCUT2D eigenvalue weighted by molar-refractivity contribution is 5.97. The molecule has 2 amide bonds. The fourth-order valence-corrected chi connectivity index (χ4v) is 2.53. The summed E-state index contributed by atoms with van der Waals surface area (Å²) in [5.74, 6) is -1.06. The van der Waals surface area contributed by atoms with E-state index in [1.54, 1.807) is 11.9 Å². The first-order valence-electron chi connectivity index (χ1n) is 7.33. The number of carbonyl (C=O) groups is 3. The van der Waals surface area contributed by atoms with Crippen molar-refractivity contribution < 1.29 is 19.5 Å². The normalized spacial score (nSPS) is 13.7. The van der Waals surface area contributed by atoms with Crippen LogP contribution in [0.5, 0.6) is 0 Å². The Kier molecular flexibility index (Phi) is 5.14. The van der Waals surface area contributed by atoms with Crippen molar-refractivity contribution in [1.29, 1.82) is 0 Å². The predicted octanol–water partition coefficient (Wildman–Crippen LogP) is 1.29. The second-order valence-corrected chi connectivity index (χ2v) is 5.38. The third-order valence-electron chi connectivity index (χ3n) is 3.83. The second-order valence-electron chi connectivity index (χ2n) is 5.38. The van der Waals surface area contributed by atoms with E-state index < -0.39 is 5.97 Å². The predicted molar refractivity (Wildman–Crippen MR) is 81.6 cm³/mol. The van der Waals surface area contributed by atoms with E-state index in [1.165, 1.54) is 4.90 Å². The molecular weight excluding hydrogens is 284 g/mol. The number of carboxylic acids is 1. The lowest BCUT2D eigenvalue weighted by molar-refractivity contribution is -0.138. The summed E-state index contributed by atoms with van der Waals surface area (Å²) in [5, 5.41) is 8.63. The van der Waals surface area contributed by atoms with Gasteiger partial charge in [0.25, 0.3) is 0 Å². The molecule has 0 saturated heterocycles. The number of aryl methyl sites for hydroxylation is 1. The largest absolute Gasteiger partial charge is 0.481 e. The lowest BCUT2D eigenvalue weighted by Crippen LogP contribution is -2.38. The van der Waals surface area contributed by atoms with Gasteiger partial charge in [-0.3, -0.25) is 14.4 Å². The smallest absolute Gasteiger partial charge is 0.305 e. The zero-order valence-electron chi connectivity index (χ0n) is 12.6. The van der Waals surface area contributed by atoms with E-state index >= 15 is 0 Å². The molecule has 0 unspecified atom stereocenters. The van der Waals surface area contributed by atoms with Crippen LogP contribution in [-0.4, -0.2) is 47.9 Å². The van der Waals surface area contributed by atoms with Crippen LogP contribution in [0.2, 0.25) is 0 Å². The highest BCUT2D eigenvalue weighted by Crippen LogP contribution is 2.27. The van der Waals surface area contributed by atoms with Crippen LogP contribution in [0.25, 0.3) is 0 Å². The van der Waals surface area contributed by atoms with Crippen LogP contribution in [-0.2, 0) is 20.8 Å². The lowest BCUT2D eigenvalue weighted by Gasteiger charge is -2.29. The Balaban J connectivity index is 1.95. The molecule has 0 spiro atoms. The van der Waals surface area contributed by atoms with Crippen LogP contribution in [0.1, 0.15) is 24.8 Å². The van der Waals surface area contributed by atoms with Crippen molar-refractivity contribution in [2.24, 2.45) is 0 Å². The molecule has 1 aliphatic heterocycles. The maximum Gasteiger partial charge on any atom is 0.305 e. The molecule has 0 saturated carbocycles. The van der Waals surface area contributed by atoms with Crippen LogP contribution < -0.4 is 4.90 Å². The molecule has 0 radical (unpaired) electrons. The fourth-order valence-electron chi connectivity index (χ4n) is 2.53. The second kappa shape index (κ2) is 7.06. The Bertz CT molecular complexity index is 585. The highest BCUT2D eigenvalue weighted by atomic mass is 16.4. The number of carbonyl (C=O) groups excluding carboxylic acids is 2. The first-order chi connectivity index (χ1) is 10.5. The van der Waals surface area contributed by atoms with Crippen LogP contribution in [0.4, 0.5) is 5.69 Å². The van der Waals surface area contributed by atoms with E-state index in [1.807, 2.05) is 24.3 Å². The van der Waals surface area contributed by atoms with Gasteiger partial charge < -0.3 is 14.9 Å². The van der Waals surface area contributed by atoms with Gasteiger partial charge in [0.15, 0.2) is 0 Å². The van der Waals surface area contributed by atoms with Crippen LogP contribution >= 0.6 is 0 Å². The summed E-state index contributed by atoms with van der Waals surface area (Å²) in [7, 11) is 1.58. The summed E-state index contributed by atoms with van der Waals surface area (Å²) < 4.78 is 0. The molecule has 118 valence electrons. The first kappa shape index (κ1) is 16.0. The molecular formula is C16H20N2O4. The molecule has 0 fully saturated rings. The summed E-state index contributed by atoms with van der Waals surface area (Å²) in [6.45, 7) is 0.505. The lowest BCUT2D eigenvalue weighted by atomic mass is 10.0. The number of amides is 2. The van der Waals surface area contributed by atoms with Gasteiger partial charge in [-0.25, -0.2) is 0 Å². The van der Waals surface area contributed by atoms with Gasteiger partial charge in [-0.1, -0.05) is 18.2 Å². The maximum absolute atomic E-state index is 12.1. The van der Waals surface area contributed by atoms with Gasteiger partial charge in [0, 0.05) is 38.7 Å². The third kappa shape index (κ3) is 3.84. The van der Waals surface area contributed by atoms with Gasteiger partial charge in [0.2, 0.25) is 11.8 Å². The Hall–Kier alpha value is -2.37. The number of fused-ring (bicyclic) bond motifs is 1. The molecule has 6 heteroatoms. The molecule has 1 aromatic rings. The number of anilines is 1. The van der Waals surface area contributed by atoms with Gasteiger partial charge in [0.05, 0.1) is 6.42 Å². The molecule has 0 aromatic heterocycles. The molecule has 22 heavy (non-hydrogen) atoms. The molecule has 6 nitrogen and oxygen atoms in total. The summed E-state index contributed by atoms with van der Waals surface area (Å²) in [5.41, 5.74) is 1.99. The Morgan fingerprint density at radius 1 is 1.23 bits per heavy atom. The van der Waals surface area contributed by atoms with Crippen molar-refractivity contribution >= 4 is 23.5 Å². The molecule has 1 heterocycles. The summed E-state index contributed by atoms with van der Waals surface area (Å²) >= 11 is 0. The third-order valence-corrected chi connectivity index (χ3v) is 3.83. The van der Waals surface area contributed by atoms with Gasteiger partial charge in [-0.05, 0) is 18.1 Å². The number of hydrogen-bond acceptors (Lipinski definition) is 3. The van der Waals surface area contributed by atoms with Gasteiger partial charge in [0.1, 0.15) is 0 Å². The monoisotopic (exact) mass is 304 g/mol. The topological polar surface area (TPSA) is 77.9 Å². The average molecular weight is 304 g/mol. The van der Waals surface area contributed by atoms with E-state index in [0.717, 1.165) is 17.7 Å². The van der Waals surface area contributed by atoms with Crippen molar-refractivity contribution in [3.8, 4) is 0 Å². The molecule has 1 aliphatic rings. The van der Waals surface area contributed by atoms with E-state index in [4.69, 9.17) is 5.11 Å². The van der Waals surface area contributed by atoms with Crippen molar-refractivity contribution in [3.05, 3.63) is 29.8 Å². The summed E-state index contributed by atoms with van der Waals surface area (Å²) in [4.78, 5) is 37.7. The minimum atomic E-state index is -0.931. The number of rotatable bonds is 6. The Labute approximate surface area is 129 Å². The van der Waals surface area contributed by atoms with Crippen molar-refractivity contribution in [2.75, 3.05) is 25.0 Å². The Morgan fingerprint density at radius 3 is 2.68 bits per heavy atom. The van der Waals surface area contributed by atoms with Crippen LogP contribution in [0, 0.1) is 0 Å². The van der Waals surface area contributed by atoms with E-state index in [9.17, 15) is 14.4 Å². The number of hydrogen-bond donors (Lipinski definition) is 1. The van der Waals surface area contributed by atoms with E-state index in [0.29, 0.717) is 13.0 Å². The quantitative estimate of drug-likeness (QED) is 0.859. The fraction of sp³-hybridized carbons (Fsp3) is 0.438. The number of carboxylic acid groups (broad SMARTS) is 1. The number of nitrogens with zero attached hydrogens (tertiary/aromatic N) is 2. The van der Waals surface area contributed by atoms with Crippen LogP contribution in [0.15, 0.2) is 24.3 Å². The van der Waals surface area contributed by atoms with Crippen molar-refractivity contribution in [1.82, 2.24) is 4.90 Å². The summed E-state index contributed by atoms with van der Waals surface area (Å²) in [6.07, 6.45) is 1.31. The highest BCUT2D eigenvalue weighted by Gasteiger charge is 2.24. The zero-order valence-corrected chi connectivity index (χ0v) is 12.6. The van der Waals surface area contributed by atoms with Crippen molar-refractivity contribution in [3.63, 3.8) is 0 Å². The summed E-state index contributed by atoms with van der Waals surface area (Å²) in [6, 6.07) is 7.71. The molecule has 0 bridgehead atoms. The van der Waals surface area contributed by atoms with Crippen molar-refractivity contribution in [2.45, 2.75) is 25.7 Å². The molecule has 2 rings (SSSR count). The zero-order chi connectivity index (χ0) is 16.1. The van der Waals surface area contributed by atoms with E-state index in [2.05, 4.69) is 0 Å². The SMILES string of the molecule is CN(CCC(=O)O)C(=O)CCN1C(=O)CCc2ccccc21. The Morgan fingerprint density at radius 2 is 1.95 bits per heavy atom. The minimum Gasteiger partial charge on any atom is -0.481 e. The average Bonchev–Trinajstić information content (AvgIpc) is 2.51. The molecule has 1 aromatic carbocycles. The molecule has 1 N–H and O–H groups in total. The van der Waals surface area contributed by atoms with Gasteiger partial charge >= 0.3 is 5.97 Å². The van der Waals surface area contributed by atoms with Crippen LogP contribution in [0.3, 0.4) is 0 Å². The molecule has 0 atom stereocenters. The minimum absolute atomic E-state index is 0.0275. The number of para-hydroxylation sites is 1. The van der Waals surface area contributed by atoms with E-state index in [-0.39, 0.29) is 31.2 Å². The first-order valence-corrected chi connectivity index (χ1v) is 7.33. The number of benzene rings is 1. The van der Waals surface area contributed by atoms with Gasteiger partial charge in [-0.2, -0.15) is 0 Å². The standard InChI is InChI=1S/C16H20N2O4/c1-17(10-9-16(21)22)14(19)8-11-18-13-5-3-2-4-12(13)6-7-15(18)20/h2-5H,6-11H2,1H3,(H,21,22). The van der Waals surface area contributed by atoms with Gasteiger partial charge in [-0.15, -0.1) is 0 Å². The number of aliphatic carboxylic acids is 1. The molecule has 0 aliphatic carbocycles.